The zero-order valence-corrected chi connectivity index (χ0v) is 11.8. The van der Waals surface area contributed by atoms with Gasteiger partial charge in [-0.25, -0.2) is 0 Å². The second-order valence-electron chi connectivity index (χ2n) is 5.38. The van der Waals surface area contributed by atoms with Crippen molar-refractivity contribution >= 4 is 16.8 Å². The van der Waals surface area contributed by atoms with Crippen LogP contribution in [0.1, 0.15) is 18.4 Å². The van der Waals surface area contributed by atoms with E-state index in [2.05, 4.69) is 22.8 Å². The van der Waals surface area contributed by atoms with Crippen molar-refractivity contribution in [2.75, 3.05) is 6.54 Å². The summed E-state index contributed by atoms with van der Waals surface area (Å²) in [6, 6.07) is 10.8. The van der Waals surface area contributed by atoms with Gasteiger partial charge in [0.1, 0.15) is 13.1 Å². The van der Waals surface area contributed by atoms with Gasteiger partial charge in [0.15, 0.2) is 0 Å². The molecule has 0 saturated heterocycles. The SMILES string of the molecule is N#CCNC(=O)Cn1ccc2c(CNC3CC3)cccc21. The molecule has 0 aliphatic heterocycles. The van der Waals surface area contributed by atoms with Crippen LogP contribution in [0, 0.1) is 11.3 Å². The topological polar surface area (TPSA) is 69.8 Å². The molecule has 1 fully saturated rings. The van der Waals surface area contributed by atoms with E-state index in [0.717, 1.165) is 12.1 Å². The molecule has 0 bridgehead atoms. The number of hydrogen-bond acceptors (Lipinski definition) is 3. The van der Waals surface area contributed by atoms with Crippen LogP contribution in [0.25, 0.3) is 10.9 Å². The fraction of sp³-hybridized carbons (Fsp3) is 0.375. The molecule has 5 heteroatoms. The summed E-state index contributed by atoms with van der Waals surface area (Å²) in [6.45, 7) is 1.16. The molecule has 0 unspecified atom stereocenters. The smallest absolute Gasteiger partial charge is 0.240 e. The van der Waals surface area contributed by atoms with Crippen molar-refractivity contribution < 1.29 is 4.79 Å². The average molecular weight is 282 g/mol. The number of fused-ring (bicyclic) bond motifs is 1. The van der Waals surface area contributed by atoms with Gasteiger partial charge < -0.3 is 15.2 Å². The zero-order chi connectivity index (χ0) is 14.7. The Morgan fingerprint density at radius 3 is 3.00 bits per heavy atom. The number of aromatic nitrogens is 1. The van der Waals surface area contributed by atoms with Crippen LogP contribution in [-0.2, 0) is 17.9 Å². The third kappa shape index (κ3) is 3.23. The molecule has 1 aliphatic carbocycles. The number of benzene rings is 1. The van der Waals surface area contributed by atoms with Gasteiger partial charge in [-0.2, -0.15) is 5.26 Å². The minimum Gasteiger partial charge on any atom is -0.341 e. The molecule has 1 heterocycles. The highest BCUT2D eigenvalue weighted by Gasteiger charge is 2.20. The fourth-order valence-corrected chi connectivity index (χ4v) is 2.47. The standard InChI is InChI=1S/C16H18N4O/c17-7-8-18-16(21)11-20-9-6-14-12(2-1-3-15(14)20)10-19-13-4-5-13/h1-3,6,9,13,19H,4-5,8,10-11H2,(H,18,21). The zero-order valence-electron chi connectivity index (χ0n) is 11.8. The molecule has 3 rings (SSSR count). The molecular weight excluding hydrogens is 264 g/mol. The Labute approximate surface area is 123 Å². The minimum absolute atomic E-state index is 0.0502. The van der Waals surface area contributed by atoms with Crippen LogP contribution in [0.15, 0.2) is 30.5 Å². The van der Waals surface area contributed by atoms with E-state index in [1.165, 1.54) is 23.8 Å². The van der Waals surface area contributed by atoms with Crippen molar-refractivity contribution in [3.05, 3.63) is 36.0 Å². The number of nitriles is 1. The Morgan fingerprint density at radius 1 is 1.38 bits per heavy atom. The number of nitrogens with zero attached hydrogens (tertiary/aromatic N) is 2. The lowest BCUT2D eigenvalue weighted by Gasteiger charge is -2.08. The lowest BCUT2D eigenvalue weighted by atomic mass is 10.1. The molecule has 0 atom stereocenters. The summed E-state index contributed by atoms with van der Waals surface area (Å²) in [6.07, 6.45) is 4.48. The van der Waals surface area contributed by atoms with E-state index in [9.17, 15) is 4.79 Å². The van der Waals surface area contributed by atoms with Gasteiger partial charge in [-0.1, -0.05) is 12.1 Å². The monoisotopic (exact) mass is 282 g/mol. The summed E-state index contributed by atoms with van der Waals surface area (Å²) in [4.78, 5) is 11.7. The lowest BCUT2D eigenvalue weighted by molar-refractivity contribution is -0.121. The fourth-order valence-electron chi connectivity index (χ4n) is 2.47. The van der Waals surface area contributed by atoms with E-state index < -0.39 is 0 Å². The molecule has 1 aliphatic rings. The molecule has 0 radical (unpaired) electrons. The second-order valence-corrected chi connectivity index (χ2v) is 5.38. The summed E-state index contributed by atoms with van der Waals surface area (Å²) >= 11 is 0. The normalized spacial score (nSPS) is 14.0. The van der Waals surface area contributed by atoms with Crippen LogP contribution in [0.3, 0.4) is 0 Å². The van der Waals surface area contributed by atoms with Crippen molar-refractivity contribution in [3.8, 4) is 6.07 Å². The first-order chi connectivity index (χ1) is 10.3. The first-order valence-electron chi connectivity index (χ1n) is 7.21. The predicted octanol–water partition coefficient (Wildman–Crippen LogP) is 1.53. The molecule has 1 amide bonds. The Morgan fingerprint density at radius 2 is 2.24 bits per heavy atom. The first-order valence-corrected chi connectivity index (χ1v) is 7.21. The van der Waals surface area contributed by atoms with Crippen LogP contribution in [0.4, 0.5) is 0 Å². The Kier molecular flexibility index (Phi) is 3.89. The minimum atomic E-state index is -0.143. The van der Waals surface area contributed by atoms with E-state index in [4.69, 9.17) is 5.26 Å². The van der Waals surface area contributed by atoms with Crippen molar-refractivity contribution in [2.45, 2.75) is 32.0 Å². The Hall–Kier alpha value is -2.32. The molecule has 2 aromatic rings. The van der Waals surface area contributed by atoms with E-state index in [0.29, 0.717) is 6.04 Å². The summed E-state index contributed by atoms with van der Waals surface area (Å²) in [7, 11) is 0. The van der Waals surface area contributed by atoms with E-state index >= 15 is 0 Å². The highest BCUT2D eigenvalue weighted by molar-refractivity contribution is 5.86. The summed E-state index contributed by atoms with van der Waals surface area (Å²) in [5.41, 5.74) is 2.31. The van der Waals surface area contributed by atoms with Gasteiger partial charge in [-0.15, -0.1) is 0 Å². The van der Waals surface area contributed by atoms with E-state index in [-0.39, 0.29) is 19.0 Å². The second kappa shape index (κ2) is 5.98. The van der Waals surface area contributed by atoms with Gasteiger partial charge in [0.05, 0.1) is 6.07 Å². The van der Waals surface area contributed by atoms with Gasteiger partial charge in [0, 0.05) is 29.7 Å². The van der Waals surface area contributed by atoms with Crippen LogP contribution >= 0.6 is 0 Å². The highest BCUT2D eigenvalue weighted by Crippen LogP contribution is 2.23. The van der Waals surface area contributed by atoms with Crippen LogP contribution < -0.4 is 10.6 Å². The summed E-state index contributed by atoms with van der Waals surface area (Å²) < 4.78 is 1.92. The van der Waals surface area contributed by atoms with E-state index in [1.807, 2.05) is 29.0 Å². The van der Waals surface area contributed by atoms with E-state index in [1.54, 1.807) is 0 Å². The van der Waals surface area contributed by atoms with Gasteiger partial charge in [0.2, 0.25) is 5.91 Å². The number of hydrogen-bond donors (Lipinski definition) is 2. The number of carbonyl (C=O) groups is 1. The van der Waals surface area contributed by atoms with Crippen LogP contribution in [0.5, 0.6) is 0 Å². The Balaban J connectivity index is 1.76. The molecule has 5 nitrogen and oxygen atoms in total. The largest absolute Gasteiger partial charge is 0.341 e. The number of nitrogens with one attached hydrogen (secondary N) is 2. The van der Waals surface area contributed by atoms with Crippen molar-refractivity contribution in [3.63, 3.8) is 0 Å². The molecule has 21 heavy (non-hydrogen) atoms. The van der Waals surface area contributed by atoms with Crippen molar-refractivity contribution in [1.82, 2.24) is 15.2 Å². The molecular formula is C16H18N4O. The van der Waals surface area contributed by atoms with Crippen molar-refractivity contribution in [2.24, 2.45) is 0 Å². The maximum atomic E-state index is 11.7. The first kappa shape index (κ1) is 13.7. The Bertz CT molecular complexity index is 694. The predicted molar refractivity (Wildman–Crippen MR) is 80.4 cm³/mol. The lowest BCUT2D eigenvalue weighted by Crippen LogP contribution is -2.27. The molecule has 0 spiro atoms. The summed E-state index contributed by atoms with van der Waals surface area (Å²) in [5.74, 6) is -0.143. The van der Waals surface area contributed by atoms with Gasteiger partial charge in [-0.3, -0.25) is 4.79 Å². The van der Waals surface area contributed by atoms with Crippen LogP contribution in [-0.4, -0.2) is 23.1 Å². The molecule has 1 aromatic heterocycles. The maximum Gasteiger partial charge on any atom is 0.240 e. The average Bonchev–Trinajstić information content (AvgIpc) is 3.24. The maximum absolute atomic E-state index is 11.7. The molecule has 108 valence electrons. The molecule has 1 aromatic carbocycles. The quantitative estimate of drug-likeness (QED) is 0.789. The number of amides is 1. The van der Waals surface area contributed by atoms with Crippen molar-refractivity contribution in [1.29, 1.82) is 5.26 Å². The number of rotatable bonds is 6. The number of carbonyl (C=O) groups excluding carboxylic acids is 1. The third-order valence-corrected chi connectivity index (χ3v) is 3.74. The summed E-state index contributed by atoms with van der Waals surface area (Å²) in [5, 5.41) is 15.7. The third-order valence-electron chi connectivity index (χ3n) is 3.74. The highest BCUT2D eigenvalue weighted by atomic mass is 16.1. The van der Waals surface area contributed by atoms with Gasteiger partial charge >= 0.3 is 0 Å². The van der Waals surface area contributed by atoms with Gasteiger partial charge in [-0.05, 0) is 30.5 Å². The van der Waals surface area contributed by atoms with Gasteiger partial charge in [0.25, 0.3) is 0 Å². The molecule has 1 saturated carbocycles. The molecule has 2 N–H and O–H groups in total. The van der Waals surface area contributed by atoms with Crippen LogP contribution in [0.2, 0.25) is 0 Å².